The summed E-state index contributed by atoms with van der Waals surface area (Å²) in [5, 5.41) is 4.23. The number of hydrogen-bond acceptors (Lipinski definition) is 6. The monoisotopic (exact) mass is 418 g/mol. The number of aromatic nitrogens is 1. The van der Waals surface area contributed by atoms with Gasteiger partial charge in [-0.05, 0) is 19.3 Å². The first kappa shape index (κ1) is 23.5. The Labute approximate surface area is 166 Å². The Balaban J connectivity index is 2.91. The molecule has 0 bridgehead atoms. The average Bonchev–Trinajstić information content (AvgIpc) is 3.03. The molecule has 0 aromatic carbocycles. The van der Waals surface area contributed by atoms with Crippen molar-refractivity contribution < 1.29 is 28.1 Å². The number of primary amides is 1. The van der Waals surface area contributed by atoms with Crippen LogP contribution in [0.3, 0.4) is 0 Å². The molecule has 0 unspecified atom stereocenters. The number of amides is 3. The van der Waals surface area contributed by atoms with E-state index in [0.29, 0.717) is 17.2 Å². The number of hydrogen-bond donors (Lipinski definition) is 2. The zero-order valence-corrected chi connectivity index (χ0v) is 16.7. The minimum Gasteiger partial charge on any atom is -0.370 e. The summed E-state index contributed by atoms with van der Waals surface area (Å²) in [6.07, 6.45) is -0.165. The molecule has 3 amide bonds. The van der Waals surface area contributed by atoms with Gasteiger partial charge in [-0.2, -0.15) is 0 Å². The molecule has 11 heteroatoms. The van der Waals surface area contributed by atoms with Gasteiger partial charge in [0.15, 0.2) is 5.78 Å². The molecule has 1 aromatic heterocycles. The van der Waals surface area contributed by atoms with Gasteiger partial charge in [0.1, 0.15) is 11.5 Å². The van der Waals surface area contributed by atoms with E-state index in [1.165, 1.54) is 6.07 Å². The third kappa shape index (κ3) is 7.63. The lowest BCUT2D eigenvalue weighted by atomic mass is 9.91. The van der Waals surface area contributed by atoms with Gasteiger partial charge in [-0.3, -0.25) is 24.6 Å². The van der Waals surface area contributed by atoms with Crippen molar-refractivity contribution in [2.24, 2.45) is 17.6 Å². The van der Waals surface area contributed by atoms with Crippen molar-refractivity contribution in [2.75, 3.05) is 6.54 Å². The molecule has 0 saturated heterocycles. The number of rotatable bonds is 10. The van der Waals surface area contributed by atoms with Crippen molar-refractivity contribution in [2.45, 2.75) is 45.7 Å². The van der Waals surface area contributed by atoms with E-state index >= 15 is 0 Å². The number of halogens is 2. The number of Topliss-reactive ketones (excluding diaryl/α,β-unsaturated/α-hetero) is 1. The molecular formula is C17H24ClFN4O5. The Morgan fingerprint density at radius 1 is 1.36 bits per heavy atom. The Morgan fingerprint density at radius 3 is 2.46 bits per heavy atom. The van der Waals surface area contributed by atoms with Crippen molar-refractivity contribution in [1.29, 1.82) is 0 Å². The van der Waals surface area contributed by atoms with Crippen LogP contribution >= 0.6 is 11.6 Å². The summed E-state index contributed by atoms with van der Waals surface area (Å²) in [5.74, 6) is -3.38. The summed E-state index contributed by atoms with van der Waals surface area (Å²) in [4.78, 5) is 47.8. The largest absolute Gasteiger partial charge is 0.370 e. The quantitative estimate of drug-likeness (QED) is 0.335. The fourth-order valence-electron chi connectivity index (χ4n) is 2.46. The van der Waals surface area contributed by atoms with Gasteiger partial charge in [-0.25, -0.2) is 9.40 Å². The summed E-state index contributed by atoms with van der Waals surface area (Å²) in [6, 6.07) is 1.45. The first-order valence-corrected chi connectivity index (χ1v) is 9.09. The Bertz CT molecular complexity index is 722. The number of nitrogens with one attached hydrogen (secondary N) is 1. The second-order valence-corrected chi connectivity index (χ2v) is 7.14. The number of carbonyl (C=O) groups excluding carboxylic acids is 4. The highest BCUT2D eigenvalue weighted by molar-refractivity contribution is 6.29. The molecule has 1 heterocycles. The lowest BCUT2D eigenvalue weighted by Crippen LogP contribution is -2.51. The minimum atomic E-state index is -2.41. The molecule has 3 N–H and O–H groups in total. The maximum atomic E-state index is 13.2. The number of nitrogens with two attached hydrogens (primary N) is 1. The maximum absolute atomic E-state index is 13.2. The van der Waals surface area contributed by atoms with Gasteiger partial charge in [0.05, 0.1) is 6.54 Å². The molecule has 0 spiro atoms. The lowest BCUT2D eigenvalue weighted by molar-refractivity contribution is -0.145. The highest BCUT2D eigenvalue weighted by Crippen LogP contribution is 2.19. The third-order valence-electron chi connectivity index (χ3n) is 3.75. The second kappa shape index (κ2) is 10.7. The van der Waals surface area contributed by atoms with Gasteiger partial charge >= 0.3 is 0 Å². The van der Waals surface area contributed by atoms with Gasteiger partial charge < -0.3 is 10.3 Å². The van der Waals surface area contributed by atoms with Crippen LogP contribution in [0.4, 0.5) is 4.39 Å². The van der Waals surface area contributed by atoms with Gasteiger partial charge in [0.25, 0.3) is 11.5 Å². The molecule has 28 heavy (non-hydrogen) atoms. The molecule has 0 aliphatic rings. The highest BCUT2D eigenvalue weighted by atomic mass is 35.5. The van der Waals surface area contributed by atoms with E-state index in [1.54, 1.807) is 6.92 Å². The molecule has 0 radical (unpaired) electrons. The van der Waals surface area contributed by atoms with Crippen molar-refractivity contribution >= 4 is 35.1 Å². The summed E-state index contributed by atoms with van der Waals surface area (Å²) in [7, 11) is 0. The number of aryl methyl sites for hydroxylation is 1. The molecule has 0 saturated carbocycles. The summed E-state index contributed by atoms with van der Waals surface area (Å²) >= 11 is 5.15. The molecule has 0 aliphatic carbocycles. The molecule has 0 aliphatic heterocycles. The normalized spacial score (nSPS) is 13.1. The highest BCUT2D eigenvalue weighted by Gasteiger charge is 2.29. The van der Waals surface area contributed by atoms with Crippen LogP contribution in [0.1, 0.15) is 49.4 Å². The summed E-state index contributed by atoms with van der Waals surface area (Å²) in [6.45, 7) is 5.00. The SMILES string of the molecule is Cc1cc(C(=O)C[C@@H](CC(C)C)C(=O)NN(CCC(N)=O)C(=O)[C@@H](F)Cl)no1. The first-order chi connectivity index (χ1) is 13.0. The van der Waals surface area contributed by atoms with Crippen molar-refractivity contribution in [3.05, 3.63) is 17.5 Å². The zero-order chi connectivity index (χ0) is 21.4. The summed E-state index contributed by atoms with van der Waals surface area (Å²) < 4.78 is 18.1. The standard InChI is InChI=1S/C17H24ClFN4O5/c1-9(2)6-11(8-13(24)12-7-10(3)28-22-12)16(26)21-23(5-4-14(20)25)17(27)15(18)19/h7,9,11,15H,4-6,8H2,1-3H3,(H2,20,25)(H,21,26)/t11-,15-/m1/s1. The van der Waals surface area contributed by atoms with E-state index in [9.17, 15) is 23.6 Å². The van der Waals surface area contributed by atoms with Gasteiger partial charge in [-0.15, -0.1) is 0 Å². The van der Waals surface area contributed by atoms with E-state index in [2.05, 4.69) is 10.6 Å². The van der Waals surface area contributed by atoms with Crippen LogP contribution in [0, 0.1) is 18.8 Å². The Kier molecular flexibility index (Phi) is 9.04. The van der Waals surface area contributed by atoms with Crippen LogP contribution in [-0.2, 0) is 14.4 Å². The zero-order valence-electron chi connectivity index (χ0n) is 15.9. The smallest absolute Gasteiger partial charge is 0.291 e. The number of alkyl halides is 2. The van der Waals surface area contributed by atoms with Crippen molar-refractivity contribution in [3.8, 4) is 0 Å². The third-order valence-corrected chi connectivity index (χ3v) is 3.94. The van der Waals surface area contributed by atoms with Crippen molar-refractivity contribution in [3.63, 3.8) is 0 Å². The van der Waals surface area contributed by atoms with E-state index < -0.39 is 35.1 Å². The van der Waals surface area contributed by atoms with Gasteiger partial charge in [0.2, 0.25) is 11.8 Å². The van der Waals surface area contributed by atoms with Crippen LogP contribution in [0.25, 0.3) is 0 Å². The number of hydrazine groups is 1. The molecule has 0 fully saturated rings. The van der Waals surface area contributed by atoms with Gasteiger partial charge in [-0.1, -0.05) is 30.6 Å². The predicted molar refractivity (Wildman–Crippen MR) is 97.5 cm³/mol. The topological polar surface area (TPSA) is 136 Å². The van der Waals surface area contributed by atoms with E-state index in [1.807, 2.05) is 13.8 Å². The molecule has 1 rings (SSSR count). The molecule has 1 aromatic rings. The van der Waals surface area contributed by atoms with E-state index in [-0.39, 0.29) is 31.0 Å². The van der Waals surface area contributed by atoms with E-state index in [0.717, 1.165) is 0 Å². The lowest BCUT2D eigenvalue weighted by Gasteiger charge is -2.26. The molecule has 9 nitrogen and oxygen atoms in total. The van der Waals surface area contributed by atoms with Crippen LogP contribution in [0.5, 0.6) is 0 Å². The Hall–Kier alpha value is -2.49. The average molecular weight is 419 g/mol. The number of ketones is 1. The van der Waals surface area contributed by atoms with Crippen molar-refractivity contribution in [1.82, 2.24) is 15.6 Å². The molecular weight excluding hydrogens is 395 g/mol. The fourth-order valence-corrected chi connectivity index (χ4v) is 2.58. The maximum Gasteiger partial charge on any atom is 0.291 e. The first-order valence-electron chi connectivity index (χ1n) is 8.66. The molecule has 2 atom stereocenters. The van der Waals surface area contributed by atoms with Crippen LogP contribution in [0.2, 0.25) is 0 Å². The fraction of sp³-hybridized carbons (Fsp3) is 0.588. The van der Waals surface area contributed by atoms with Crippen LogP contribution < -0.4 is 11.2 Å². The molecule has 156 valence electrons. The van der Waals surface area contributed by atoms with Crippen LogP contribution in [-0.4, -0.2) is 45.8 Å². The minimum absolute atomic E-state index is 0.0549. The van der Waals surface area contributed by atoms with Gasteiger partial charge in [0, 0.05) is 24.8 Å². The number of carbonyl (C=O) groups is 4. The Morgan fingerprint density at radius 2 is 2.00 bits per heavy atom. The van der Waals surface area contributed by atoms with E-state index in [4.69, 9.17) is 21.9 Å². The second-order valence-electron chi connectivity index (χ2n) is 6.76. The van der Waals surface area contributed by atoms with Crippen LogP contribution in [0.15, 0.2) is 10.6 Å². The predicted octanol–water partition coefficient (Wildman–Crippen LogP) is 1.49. The number of nitrogens with zero attached hydrogens (tertiary/aromatic N) is 2. The summed E-state index contributed by atoms with van der Waals surface area (Å²) in [5.41, 5.74) is 4.95.